The summed E-state index contributed by atoms with van der Waals surface area (Å²) >= 11 is 0. The second-order valence-corrected chi connectivity index (χ2v) is 8.17. The molecule has 4 rings (SSSR count). The zero-order chi connectivity index (χ0) is 25.9. The van der Waals surface area contributed by atoms with Crippen molar-refractivity contribution in [1.29, 1.82) is 0 Å². The molecule has 10 heteroatoms. The maximum Gasteiger partial charge on any atom is 0.416 e. The molecule has 0 bridgehead atoms. The zero-order valence-electron chi connectivity index (χ0n) is 19.3. The molecule has 0 spiro atoms. The fraction of sp³-hybridized carbons (Fsp3) is 0.154. The van der Waals surface area contributed by atoms with Crippen LogP contribution in [0.15, 0.2) is 60.9 Å². The van der Waals surface area contributed by atoms with Gasteiger partial charge in [-0.15, -0.1) is 0 Å². The molecule has 2 heterocycles. The Kier molecular flexibility index (Phi) is 6.86. The van der Waals surface area contributed by atoms with Gasteiger partial charge >= 0.3 is 6.18 Å². The monoisotopic (exact) mass is 495 g/mol. The van der Waals surface area contributed by atoms with Crippen molar-refractivity contribution >= 4 is 29.2 Å². The van der Waals surface area contributed by atoms with Crippen LogP contribution in [-0.2, 0) is 11.0 Å². The van der Waals surface area contributed by atoms with Crippen LogP contribution in [0.25, 0.3) is 22.8 Å². The number of aromatic nitrogens is 1. The lowest BCUT2D eigenvalue weighted by atomic mass is 9.93. The third kappa shape index (κ3) is 5.12. The average Bonchev–Trinajstić information content (AvgIpc) is 3.37. The number of H-pyrrole nitrogens is 1. The van der Waals surface area contributed by atoms with Crippen LogP contribution in [-0.4, -0.2) is 29.9 Å². The summed E-state index contributed by atoms with van der Waals surface area (Å²) in [4.78, 5) is 28.8. The Morgan fingerprint density at radius 1 is 1.11 bits per heavy atom. The molecule has 0 radical (unpaired) electrons. The number of halogens is 3. The maximum absolute atomic E-state index is 13.3. The van der Waals surface area contributed by atoms with Crippen LogP contribution in [0, 0.1) is 6.92 Å². The molecule has 0 fully saturated rings. The largest absolute Gasteiger partial charge is 0.416 e. The van der Waals surface area contributed by atoms with Gasteiger partial charge in [0, 0.05) is 42.4 Å². The Morgan fingerprint density at radius 2 is 1.89 bits per heavy atom. The van der Waals surface area contributed by atoms with Crippen LogP contribution in [0.4, 0.5) is 18.9 Å². The molecular weight excluding hydrogens is 471 g/mol. The number of fused-ring (bicyclic) bond motifs is 1. The summed E-state index contributed by atoms with van der Waals surface area (Å²) in [7, 11) is 0. The van der Waals surface area contributed by atoms with Crippen molar-refractivity contribution in [3.05, 3.63) is 89.0 Å². The van der Waals surface area contributed by atoms with Gasteiger partial charge in [0.2, 0.25) is 0 Å². The Balaban J connectivity index is 1.72. The summed E-state index contributed by atoms with van der Waals surface area (Å²) in [6.45, 7) is 2.59. The normalized spacial score (nSPS) is 14.2. The lowest BCUT2D eigenvalue weighted by molar-refractivity contribution is -0.137. The van der Waals surface area contributed by atoms with E-state index >= 15 is 0 Å². The average molecular weight is 496 g/mol. The molecule has 1 aliphatic rings. The topological polar surface area (TPSA) is 112 Å². The van der Waals surface area contributed by atoms with Crippen LogP contribution >= 0.6 is 0 Å². The van der Waals surface area contributed by atoms with Crippen molar-refractivity contribution < 1.29 is 22.8 Å². The van der Waals surface area contributed by atoms with Gasteiger partial charge in [0.15, 0.2) is 0 Å². The molecule has 7 nitrogen and oxygen atoms in total. The summed E-state index contributed by atoms with van der Waals surface area (Å²) in [5.41, 5.74) is 7.92. The number of amides is 2. The summed E-state index contributed by atoms with van der Waals surface area (Å²) < 4.78 is 40.0. The van der Waals surface area contributed by atoms with Crippen LogP contribution in [0.2, 0.25) is 0 Å². The Labute approximate surface area is 205 Å². The fourth-order valence-electron chi connectivity index (χ4n) is 4.04. The number of nitrogens with two attached hydrogens (primary N) is 1. The molecule has 0 saturated heterocycles. The van der Waals surface area contributed by atoms with E-state index in [0.717, 1.165) is 12.1 Å². The standard InChI is InChI=1S/C26H24F3N5O2/c1-15-12-19(24(35)32-11-10-31-9-8-30)22(33-15)14-20-23-18(6-3-7-21(23)34-25(20)36)16-4-2-5-17(13-16)26(27,28)29/h2-9,12-14,31,33H,10-11,30H2,1H3,(H,32,35)(H,34,36)/b9-8-,20-14-. The molecule has 2 amide bonds. The van der Waals surface area contributed by atoms with Gasteiger partial charge in [-0.2, -0.15) is 13.2 Å². The van der Waals surface area contributed by atoms with Crippen LogP contribution in [0.3, 0.4) is 0 Å². The van der Waals surface area contributed by atoms with E-state index in [0.29, 0.717) is 52.4 Å². The van der Waals surface area contributed by atoms with Crippen molar-refractivity contribution in [2.45, 2.75) is 13.1 Å². The number of hydrogen-bond acceptors (Lipinski definition) is 4. The zero-order valence-corrected chi connectivity index (χ0v) is 19.3. The highest BCUT2D eigenvalue weighted by Crippen LogP contribution is 2.41. The predicted octanol–water partition coefficient (Wildman–Crippen LogP) is 4.25. The summed E-state index contributed by atoms with van der Waals surface area (Å²) in [5.74, 6) is -0.754. The SMILES string of the molecule is Cc1cc(C(=O)NCCN/C=C\N)c(/C=C2\C(=O)Nc3cccc(-c4cccc(C(F)(F)F)c4)c32)[nH]1. The molecule has 0 unspecified atom stereocenters. The van der Waals surface area contributed by atoms with Crippen LogP contribution < -0.4 is 21.7 Å². The number of nitrogens with one attached hydrogen (secondary N) is 4. The Bertz CT molecular complexity index is 1370. The highest BCUT2D eigenvalue weighted by molar-refractivity contribution is 6.36. The first-order valence-corrected chi connectivity index (χ1v) is 11.1. The second-order valence-electron chi connectivity index (χ2n) is 8.17. The van der Waals surface area contributed by atoms with E-state index in [1.807, 2.05) is 0 Å². The van der Waals surface area contributed by atoms with E-state index in [1.165, 1.54) is 12.3 Å². The molecule has 2 aromatic carbocycles. The van der Waals surface area contributed by atoms with Crippen molar-refractivity contribution in [1.82, 2.24) is 15.6 Å². The maximum atomic E-state index is 13.3. The lowest BCUT2D eigenvalue weighted by Crippen LogP contribution is -2.30. The third-order valence-corrected chi connectivity index (χ3v) is 5.61. The molecule has 1 aliphatic heterocycles. The Hall–Kier alpha value is -4.47. The molecule has 0 aliphatic carbocycles. The van der Waals surface area contributed by atoms with Gasteiger partial charge in [-0.25, -0.2) is 0 Å². The Morgan fingerprint density at radius 3 is 2.64 bits per heavy atom. The van der Waals surface area contributed by atoms with Gasteiger partial charge in [0.25, 0.3) is 11.8 Å². The number of carbonyl (C=O) groups is 2. The van der Waals surface area contributed by atoms with Crippen molar-refractivity contribution in [2.24, 2.45) is 5.73 Å². The minimum absolute atomic E-state index is 0.240. The van der Waals surface area contributed by atoms with Gasteiger partial charge < -0.3 is 26.7 Å². The smallest absolute Gasteiger partial charge is 0.403 e. The molecule has 0 saturated carbocycles. The molecule has 3 aromatic rings. The van der Waals surface area contributed by atoms with E-state index in [2.05, 4.69) is 20.9 Å². The summed E-state index contributed by atoms with van der Waals surface area (Å²) in [5, 5.41) is 8.46. The number of aryl methyl sites for hydroxylation is 1. The second kappa shape index (κ2) is 10.0. The van der Waals surface area contributed by atoms with Crippen molar-refractivity contribution in [3.8, 4) is 11.1 Å². The molecule has 6 N–H and O–H groups in total. The van der Waals surface area contributed by atoms with Gasteiger partial charge in [-0.05, 0) is 48.4 Å². The summed E-state index contributed by atoms with van der Waals surface area (Å²) in [6.07, 6.45) is -0.0449. The van der Waals surface area contributed by atoms with Gasteiger partial charge in [0.1, 0.15) is 0 Å². The first-order chi connectivity index (χ1) is 17.2. The molecular formula is C26H24F3N5O2. The number of hydrogen-bond donors (Lipinski definition) is 5. The fourth-order valence-corrected chi connectivity index (χ4v) is 4.04. The van der Waals surface area contributed by atoms with E-state index in [1.54, 1.807) is 49.5 Å². The van der Waals surface area contributed by atoms with E-state index in [-0.39, 0.29) is 11.5 Å². The van der Waals surface area contributed by atoms with Crippen molar-refractivity contribution in [2.75, 3.05) is 18.4 Å². The van der Waals surface area contributed by atoms with E-state index in [9.17, 15) is 22.8 Å². The van der Waals surface area contributed by atoms with E-state index in [4.69, 9.17) is 5.73 Å². The number of benzene rings is 2. The molecule has 1 aromatic heterocycles. The highest BCUT2D eigenvalue weighted by atomic mass is 19.4. The first kappa shape index (κ1) is 24.6. The van der Waals surface area contributed by atoms with Gasteiger partial charge in [0.05, 0.1) is 22.4 Å². The lowest BCUT2D eigenvalue weighted by Gasteiger charge is -2.12. The highest BCUT2D eigenvalue weighted by Gasteiger charge is 2.32. The first-order valence-electron chi connectivity index (χ1n) is 11.1. The number of carbonyl (C=O) groups excluding carboxylic acids is 2. The minimum atomic E-state index is -4.50. The van der Waals surface area contributed by atoms with Crippen molar-refractivity contribution in [3.63, 3.8) is 0 Å². The van der Waals surface area contributed by atoms with Gasteiger partial charge in [-0.1, -0.05) is 24.3 Å². The number of anilines is 1. The number of aromatic amines is 1. The predicted molar refractivity (Wildman–Crippen MR) is 133 cm³/mol. The van der Waals surface area contributed by atoms with Gasteiger partial charge in [-0.3, -0.25) is 9.59 Å². The van der Waals surface area contributed by atoms with Crippen LogP contribution in [0.1, 0.15) is 32.9 Å². The molecule has 0 atom stereocenters. The number of alkyl halides is 3. The third-order valence-electron chi connectivity index (χ3n) is 5.61. The molecule has 36 heavy (non-hydrogen) atoms. The number of rotatable bonds is 7. The van der Waals surface area contributed by atoms with E-state index < -0.39 is 17.6 Å². The van der Waals surface area contributed by atoms with Crippen LogP contribution in [0.5, 0.6) is 0 Å². The summed E-state index contributed by atoms with van der Waals surface area (Å²) in [6, 6.07) is 11.6. The minimum Gasteiger partial charge on any atom is -0.403 e. The molecule has 186 valence electrons. The quantitative estimate of drug-likeness (QED) is 0.249.